The molecule has 1 aliphatic rings. The van der Waals surface area contributed by atoms with Gasteiger partial charge in [-0.1, -0.05) is 13.3 Å². The van der Waals surface area contributed by atoms with E-state index in [9.17, 15) is 0 Å². The SMILES string of the molecule is CCCC(C)OCCC(CO)NC1CC1. The van der Waals surface area contributed by atoms with Crippen molar-refractivity contribution in [3.05, 3.63) is 0 Å². The number of nitrogens with one attached hydrogen (secondary N) is 1. The highest BCUT2D eigenvalue weighted by atomic mass is 16.5. The minimum atomic E-state index is 0.224. The van der Waals surface area contributed by atoms with Gasteiger partial charge < -0.3 is 15.2 Å². The summed E-state index contributed by atoms with van der Waals surface area (Å²) in [5, 5.41) is 12.6. The van der Waals surface area contributed by atoms with Gasteiger partial charge in [-0.15, -0.1) is 0 Å². The molecule has 1 fully saturated rings. The van der Waals surface area contributed by atoms with Crippen molar-refractivity contribution in [2.24, 2.45) is 0 Å². The van der Waals surface area contributed by atoms with Crippen LogP contribution in [0, 0.1) is 0 Å². The van der Waals surface area contributed by atoms with Crippen LogP contribution in [-0.4, -0.2) is 36.5 Å². The van der Waals surface area contributed by atoms with Crippen LogP contribution in [0.3, 0.4) is 0 Å². The summed E-state index contributed by atoms with van der Waals surface area (Å²) in [6.07, 6.45) is 6.11. The van der Waals surface area contributed by atoms with Crippen LogP contribution in [0.15, 0.2) is 0 Å². The van der Waals surface area contributed by atoms with Gasteiger partial charge in [0, 0.05) is 18.7 Å². The molecule has 2 atom stereocenters. The monoisotopic (exact) mass is 215 g/mol. The van der Waals surface area contributed by atoms with Gasteiger partial charge in [-0.2, -0.15) is 0 Å². The second-order valence-corrected chi connectivity index (χ2v) is 4.58. The van der Waals surface area contributed by atoms with E-state index in [1.807, 2.05) is 0 Å². The van der Waals surface area contributed by atoms with Crippen LogP contribution >= 0.6 is 0 Å². The molecule has 1 aliphatic carbocycles. The van der Waals surface area contributed by atoms with Gasteiger partial charge in [0.2, 0.25) is 0 Å². The van der Waals surface area contributed by atoms with Crippen LogP contribution in [0.1, 0.15) is 46.0 Å². The minimum absolute atomic E-state index is 0.224. The molecule has 0 saturated heterocycles. The molecule has 0 aromatic heterocycles. The summed E-state index contributed by atoms with van der Waals surface area (Å²) in [6, 6.07) is 0.890. The normalized spacial score (nSPS) is 20.2. The number of ether oxygens (including phenoxy) is 1. The Bertz CT molecular complexity index is 160. The highest BCUT2D eigenvalue weighted by Gasteiger charge is 2.23. The summed E-state index contributed by atoms with van der Waals surface area (Å²) >= 11 is 0. The lowest BCUT2D eigenvalue weighted by atomic mass is 10.2. The summed E-state index contributed by atoms with van der Waals surface area (Å²) < 4.78 is 5.67. The van der Waals surface area contributed by atoms with Crippen LogP contribution in [-0.2, 0) is 4.74 Å². The Balaban J connectivity index is 2.00. The van der Waals surface area contributed by atoms with Crippen molar-refractivity contribution in [2.45, 2.75) is 64.1 Å². The van der Waals surface area contributed by atoms with Crippen molar-refractivity contribution in [1.29, 1.82) is 0 Å². The second-order valence-electron chi connectivity index (χ2n) is 4.58. The first-order valence-electron chi connectivity index (χ1n) is 6.24. The zero-order valence-electron chi connectivity index (χ0n) is 10.0. The maximum absolute atomic E-state index is 9.15. The third-order valence-corrected chi connectivity index (χ3v) is 2.83. The number of hydrogen-bond donors (Lipinski definition) is 2. The Morgan fingerprint density at radius 3 is 2.67 bits per heavy atom. The lowest BCUT2D eigenvalue weighted by Gasteiger charge is -2.17. The Morgan fingerprint density at radius 1 is 1.40 bits per heavy atom. The molecular formula is C12H25NO2. The summed E-state index contributed by atoms with van der Waals surface area (Å²) in [6.45, 7) is 5.27. The van der Waals surface area contributed by atoms with Crippen LogP contribution < -0.4 is 5.32 Å². The Hall–Kier alpha value is -0.120. The average Bonchev–Trinajstić information content (AvgIpc) is 3.00. The van der Waals surface area contributed by atoms with Crippen molar-refractivity contribution in [3.8, 4) is 0 Å². The zero-order chi connectivity index (χ0) is 11.1. The van der Waals surface area contributed by atoms with Gasteiger partial charge in [-0.05, 0) is 32.6 Å². The largest absolute Gasteiger partial charge is 0.395 e. The summed E-state index contributed by atoms with van der Waals surface area (Å²) in [7, 11) is 0. The first-order chi connectivity index (χ1) is 7.26. The molecule has 3 nitrogen and oxygen atoms in total. The van der Waals surface area contributed by atoms with E-state index in [1.165, 1.54) is 19.3 Å². The van der Waals surface area contributed by atoms with Gasteiger partial charge in [0.1, 0.15) is 0 Å². The third-order valence-electron chi connectivity index (χ3n) is 2.83. The first-order valence-corrected chi connectivity index (χ1v) is 6.24. The van der Waals surface area contributed by atoms with Crippen LogP contribution in [0.4, 0.5) is 0 Å². The number of hydrogen-bond acceptors (Lipinski definition) is 3. The fourth-order valence-electron chi connectivity index (χ4n) is 1.71. The third kappa shape index (κ3) is 6.13. The molecule has 90 valence electrons. The molecule has 0 spiro atoms. The molecule has 0 aliphatic heterocycles. The number of rotatable bonds is 9. The molecule has 2 N–H and O–H groups in total. The molecule has 2 unspecified atom stereocenters. The van der Waals surface area contributed by atoms with E-state index in [0.29, 0.717) is 12.1 Å². The number of aliphatic hydroxyl groups is 1. The van der Waals surface area contributed by atoms with Gasteiger partial charge in [-0.3, -0.25) is 0 Å². The van der Waals surface area contributed by atoms with Crippen molar-refractivity contribution >= 4 is 0 Å². The predicted octanol–water partition coefficient (Wildman–Crippen LogP) is 1.69. The summed E-state index contributed by atoms with van der Waals surface area (Å²) in [5.74, 6) is 0. The van der Waals surface area contributed by atoms with Gasteiger partial charge in [0.05, 0.1) is 12.7 Å². The van der Waals surface area contributed by atoms with E-state index >= 15 is 0 Å². The fourth-order valence-corrected chi connectivity index (χ4v) is 1.71. The highest BCUT2D eigenvalue weighted by Crippen LogP contribution is 2.19. The van der Waals surface area contributed by atoms with Crippen molar-refractivity contribution in [2.75, 3.05) is 13.2 Å². The maximum Gasteiger partial charge on any atom is 0.0585 e. The van der Waals surface area contributed by atoms with Crippen molar-refractivity contribution in [1.82, 2.24) is 5.32 Å². The summed E-state index contributed by atoms with van der Waals surface area (Å²) in [5.41, 5.74) is 0. The van der Waals surface area contributed by atoms with E-state index in [-0.39, 0.29) is 12.6 Å². The molecule has 0 bridgehead atoms. The molecular weight excluding hydrogens is 190 g/mol. The van der Waals surface area contributed by atoms with Gasteiger partial charge in [0.15, 0.2) is 0 Å². The average molecular weight is 215 g/mol. The second kappa shape index (κ2) is 7.20. The molecule has 0 radical (unpaired) electrons. The molecule has 0 heterocycles. The molecule has 0 aromatic carbocycles. The van der Waals surface area contributed by atoms with Gasteiger partial charge >= 0.3 is 0 Å². The molecule has 1 rings (SSSR count). The molecule has 3 heteroatoms. The smallest absolute Gasteiger partial charge is 0.0585 e. The van der Waals surface area contributed by atoms with E-state index in [0.717, 1.165) is 19.4 Å². The van der Waals surface area contributed by atoms with E-state index in [1.54, 1.807) is 0 Å². The minimum Gasteiger partial charge on any atom is -0.395 e. The van der Waals surface area contributed by atoms with Crippen molar-refractivity contribution < 1.29 is 9.84 Å². The van der Waals surface area contributed by atoms with Crippen LogP contribution in [0.25, 0.3) is 0 Å². The van der Waals surface area contributed by atoms with Gasteiger partial charge in [-0.25, -0.2) is 0 Å². The standard InChI is InChI=1S/C12H25NO2/c1-3-4-10(2)15-8-7-12(9-14)13-11-5-6-11/h10-14H,3-9H2,1-2H3. The van der Waals surface area contributed by atoms with E-state index < -0.39 is 0 Å². The Kier molecular flexibility index (Phi) is 6.22. The quantitative estimate of drug-likeness (QED) is 0.615. The Morgan fingerprint density at radius 2 is 2.13 bits per heavy atom. The van der Waals surface area contributed by atoms with E-state index in [4.69, 9.17) is 9.84 Å². The maximum atomic E-state index is 9.15. The van der Waals surface area contributed by atoms with Gasteiger partial charge in [0.25, 0.3) is 0 Å². The Labute approximate surface area is 93.2 Å². The molecule has 15 heavy (non-hydrogen) atoms. The van der Waals surface area contributed by atoms with Crippen molar-refractivity contribution in [3.63, 3.8) is 0 Å². The lowest BCUT2D eigenvalue weighted by Crippen LogP contribution is -2.35. The summed E-state index contributed by atoms with van der Waals surface area (Å²) in [4.78, 5) is 0. The van der Waals surface area contributed by atoms with Crippen LogP contribution in [0.5, 0.6) is 0 Å². The molecule has 0 amide bonds. The predicted molar refractivity (Wildman–Crippen MR) is 62.0 cm³/mol. The number of aliphatic hydroxyl groups excluding tert-OH is 1. The molecule has 0 aromatic rings. The lowest BCUT2D eigenvalue weighted by molar-refractivity contribution is 0.0492. The van der Waals surface area contributed by atoms with Crippen LogP contribution in [0.2, 0.25) is 0 Å². The fraction of sp³-hybridized carbons (Fsp3) is 1.00. The van der Waals surface area contributed by atoms with E-state index in [2.05, 4.69) is 19.2 Å². The molecule has 1 saturated carbocycles. The highest BCUT2D eigenvalue weighted by molar-refractivity contribution is 4.84. The zero-order valence-corrected chi connectivity index (χ0v) is 10.0. The topological polar surface area (TPSA) is 41.5 Å². The first kappa shape index (κ1) is 12.9.